The Morgan fingerprint density at radius 1 is 1.09 bits per heavy atom. The number of unbranched alkanes of at least 4 members (excludes halogenated alkanes) is 1. The van der Waals surface area contributed by atoms with Gasteiger partial charge in [0.1, 0.15) is 23.7 Å². The van der Waals surface area contributed by atoms with Crippen molar-refractivity contribution in [3.63, 3.8) is 0 Å². The van der Waals surface area contributed by atoms with Crippen molar-refractivity contribution in [2.75, 3.05) is 13.2 Å². The third-order valence-electron chi connectivity index (χ3n) is 5.58. The summed E-state index contributed by atoms with van der Waals surface area (Å²) in [6.07, 6.45) is -1.96. The minimum Gasteiger partial charge on any atom is -0.459 e. The summed E-state index contributed by atoms with van der Waals surface area (Å²) in [5, 5.41) is 21.3. The normalized spacial score (nSPS) is 25.6. The molecule has 6 atom stereocenters. The molecule has 186 valence electrons. The van der Waals surface area contributed by atoms with E-state index in [2.05, 4.69) is 6.92 Å². The van der Waals surface area contributed by atoms with Crippen LogP contribution in [0.25, 0.3) is 0 Å². The molecule has 0 aliphatic carbocycles. The highest BCUT2D eigenvalue weighted by atomic mass is 32.2. The predicted molar refractivity (Wildman–Crippen MR) is 129 cm³/mol. The van der Waals surface area contributed by atoms with Crippen molar-refractivity contribution in [1.82, 2.24) is 0 Å². The van der Waals surface area contributed by atoms with E-state index in [1.54, 1.807) is 0 Å². The Balaban J connectivity index is 1.89. The molecule has 0 bridgehead atoms. The number of ether oxygens (including phenoxy) is 4. The van der Waals surface area contributed by atoms with Crippen molar-refractivity contribution < 1.29 is 34.0 Å². The molecule has 0 radical (unpaired) electrons. The van der Waals surface area contributed by atoms with Crippen LogP contribution in [0.3, 0.4) is 0 Å². The third-order valence-corrected chi connectivity index (χ3v) is 6.74. The molecular weight excluding hydrogens is 456 g/mol. The molecule has 1 aliphatic rings. The second kappa shape index (κ2) is 13.8. The molecule has 0 aromatic heterocycles. The molecule has 0 saturated carbocycles. The summed E-state index contributed by atoms with van der Waals surface area (Å²) < 4.78 is 23.8. The number of aliphatic hydroxyl groups excluding tert-OH is 2. The summed E-state index contributed by atoms with van der Waals surface area (Å²) in [5.74, 6) is -1.30. The number of rotatable bonds is 12. The first-order valence-corrected chi connectivity index (χ1v) is 12.5. The van der Waals surface area contributed by atoms with Crippen LogP contribution in [-0.4, -0.2) is 59.4 Å². The van der Waals surface area contributed by atoms with Gasteiger partial charge in [-0.3, -0.25) is 4.79 Å². The average molecular weight is 491 g/mol. The van der Waals surface area contributed by atoms with Crippen LogP contribution in [0.1, 0.15) is 32.3 Å². The van der Waals surface area contributed by atoms with E-state index in [1.807, 2.05) is 60.7 Å². The molecule has 7 nitrogen and oxygen atoms in total. The molecule has 0 spiro atoms. The average Bonchev–Trinajstić information content (AvgIpc) is 2.85. The first-order chi connectivity index (χ1) is 16.5. The number of benzene rings is 2. The molecule has 2 aromatic rings. The monoisotopic (exact) mass is 490 g/mol. The van der Waals surface area contributed by atoms with Crippen LogP contribution >= 0.6 is 11.8 Å². The Morgan fingerprint density at radius 2 is 1.76 bits per heavy atom. The minimum atomic E-state index is -1.31. The van der Waals surface area contributed by atoms with E-state index in [1.165, 1.54) is 18.7 Å². The summed E-state index contributed by atoms with van der Waals surface area (Å²) in [6, 6.07) is 19.2. The molecular formula is C26H34O7S. The molecule has 2 aromatic carbocycles. The highest BCUT2D eigenvalue weighted by Crippen LogP contribution is 2.40. The van der Waals surface area contributed by atoms with Crippen LogP contribution in [0, 0.1) is 5.92 Å². The lowest BCUT2D eigenvalue weighted by Gasteiger charge is -2.46. The van der Waals surface area contributed by atoms with Gasteiger partial charge in [-0.1, -0.05) is 73.6 Å². The molecule has 1 aliphatic heterocycles. The Labute approximate surface area is 205 Å². The van der Waals surface area contributed by atoms with Crippen molar-refractivity contribution >= 4 is 17.7 Å². The standard InChI is InChI=1S/C26H34O7S/c1-3-4-15-30-24-22(25(29)31-17-19-11-7-5-8-12-19)23(32-18(2)28)21(16-27)33-26(24)34-20-13-9-6-10-14-20/h5-14,21-27,29H,3-4,15-17H2,1-2H3/t21?,22-,23+,24?,25?,26+/m0/s1. The quantitative estimate of drug-likeness (QED) is 0.264. The first-order valence-electron chi connectivity index (χ1n) is 11.6. The van der Waals surface area contributed by atoms with Crippen LogP contribution in [0.15, 0.2) is 65.6 Å². The smallest absolute Gasteiger partial charge is 0.303 e. The molecule has 1 fully saturated rings. The number of carbonyl (C=O) groups excluding carboxylic acids is 1. The number of hydrogen-bond donors (Lipinski definition) is 2. The molecule has 8 heteroatoms. The second-order valence-corrected chi connectivity index (χ2v) is 9.36. The van der Waals surface area contributed by atoms with Gasteiger partial charge in [-0.2, -0.15) is 0 Å². The van der Waals surface area contributed by atoms with E-state index in [0.717, 1.165) is 23.3 Å². The number of thioether (sulfide) groups is 1. The fourth-order valence-electron chi connectivity index (χ4n) is 3.91. The lowest BCUT2D eigenvalue weighted by atomic mass is 9.88. The van der Waals surface area contributed by atoms with Crippen LogP contribution in [0.5, 0.6) is 0 Å². The van der Waals surface area contributed by atoms with E-state index >= 15 is 0 Å². The van der Waals surface area contributed by atoms with Crippen LogP contribution in [-0.2, 0) is 30.3 Å². The van der Waals surface area contributed by atoms with E-state index in [4.69, 9.17) is 18.9 Å². The zero-order valence-corrected chi connectivity index (χ0v) is 20.4. The fourth-order valence-corrected chi connectivity index (χ4v) is 5.08. The van der Waals surface area contributed by atoms with Gasteiger partial charge in [0.15, 0.2) is 6.29 Å². The Hall–Kier alpha value is -1.94. The number of hydrogen-bond acceptors (Lipinski definition) is 8. The molecule has 3 rings (SSSR count). The number of carbonyl (C=O) groups is 1. The summed E-state index contributed by atoms with van der Waals surface area (Å²) in [5.41, 5.74) is 0.346. The summed E-state index contributed by atoms with van der Waals surface area (Å²) in [6.45, 7) is 3.60. The zero-order valence-electron chi connectivity index (χ0n) is 19.6. The van der Waals surface area contributed by atoms with Crippen LogP contribution < -0.4 is 0 Å². The first kappa shape index (κ1) is 26.7. The maximum Gasteiger partial charge on any atom is 0.303 e. The molecule has 0 amide bonds. The van der Waals surface area contributed by atoms with Gasteiger partial charge in [0, 0.05) is 18.4 Å². The summed E-state index contributed by atoms with van der Waals surface area (Å²) in [7, 11) is 0. The van der Waals surface area contributed by atoms with E-state index in [0.29, 0.717) is 6.61 Å². The van der Waals surface area contributed by atoms with Gasteiger partial charge < -0.3 is 29.2 Å². The van der Waals surface area contributed by atoms with E-state index in [-0.39, 0.29) is 13.2 Å². The fraction of sp³-hybridized carbons (Fsp3) is 0.500. The number of esters is 1. The largest absolute Gasteiger partial charge is 0.459 e. The van der Waals surface area contributed by atoms with Crippen LogP contribution in [0.2, 0.25) is 0 Å². The highest BCUT2D eigenvalue weighted by Gasteiger charge is 2.52. The SMILES string of the molecule is CCCCOC1[C@@H](C(O)OCc2ccccc2)[C@H](OC(C)=O)C(CO)O[C@@H]1Sc1ccccc1. The second-order valence-electron chi connectivity index (χ2n) is 8.18. The highest BCUT2D eigenvalue weighted by molar-refractivity contribution is 7.99. The van der Waals surface area contributed by atoms with Gasteiger partial charge in [-0.05, 0) is 24.1 Å². The lowest BCUT2D eigenvalue weighted by Crippen LogP contribution is -2.60. The molecule has 2 N–H and O–H groups in total. The maximum absolute atomic E-state index is 11.9. The van der Waals surface area contributed by atoms with Gasteiger partial charge >= 0.3 is 5.97 Å². The van der Waals surface area contributed by atoms with Crippen molar-refractivity contribution in [2.45, 2.75) is 68.2 Å². The molecule has 34 heavy (non-hydrogen) atoms. The molecule has 1 saturated heterocycles. The zero-order chi connectivity index (χ0) is 24.3. The summed E-state index contributed by atoms with van der Waals surface area (Å²) in [4.78, 5) is 12.9. The van der Waals surface area contributed by atoms with E-state index in [9.17, 15) is 15.0 Å². The van der Waals surface area contributed by atoms with Gasteiger partial charge in [0.2, 0.25) is 0 Å². The predicted octanol–water partition coefficient (Wildman–Crippen LogP) is 3.76. The van der Waals surface area contributed by atoms with Gasteiger partial charge in [-0.15, -0.1) is 0 Å². The lowest BCUT2D eigenvalue weighted by molar-refractivity contribution is -0.265. The molecule has 3 unspecified atom stereocenters. The number of aliphatic hydroxyl groups is 2. The Morgan fingerprint density at radius 3 is 2.38 bits per heavy atom. The van der Waals surface area contributed by atoms with E-state index < -0.39 is 41.9 Å². The van der Waals surface area contributed by atoms with Crippen molar-refractivity contribution in [3.8, 4) is 0 Å². The van der Waals surface area contributed by atoms with Crippen LogP contribution in [0.4, 0.5) is 0 Å². The van der Waals surface area contributed by atoms with Crippen molar-refractivity contribution in [2.24, 2.45) is 5.92 Å². The minimum absolute atomic E-state index is 0.175. The molecule has 1 heterocycles. The Bertz CT molecular complexity index is 851. The topological polar surface area (TPSA) is 94.5 Å². The maximum atomic E-state index is 11.9. The summed E-state index contributed by atoms with van der Waals surface area (Å²) >= 11 is 1.44. The van der Waals surface area contributed by atoms with Gasteiger partial charge in [0.25, 0.3) is 0 Å². The van der Waals surface area contributed by atoms with Crippen molar-refractivity contribution in [3.05, 3.63) is 66.2 Å². The van der Waals surface area contributed by atoms with Gasteiger partial charge in [0.05, 0.1) is 19.1 Å². The third kappa shape index (κ3) is 7.53. The van der Waals surface area contributed by atoms with Gasteiger partial charge in [-0.25, -0.2) is 0 Å². The van der Waals surface area contributed by atoms with Crippen molar-refractivity contribution in [1.29, 1.82) is 0 Å². The Kier molecular flexibility index (Phi) is 10.8.